The number of halogens is 1. The summed E-state index contributed by atoms with van der Waals surface area (Å²) in [7, 11) is 1.69. The summed E-state index contributed by atoms with van der Waals surface area (Å²) in [5, 5.41) is 4.18. The molecule has 2 heterocycles. The second-order valence-electron chi connectivity index (χ2n) is 3.72. The maximum atomic E-state index is 13.0. The molecule has 0 atom stereocenters. The van der Waals surface area contributed by atoms with Crippen LogP contribution in [0.2, 0.25) is 0 Å². The second-order valence-corrected chi connectivity index (χ2v) is 3.72. The Morgan fingerprint density at radius 3 is 2.76 bits per heavy atom. The Labute approximate surface area is 98.1 Å². The number of carbonyl (C=O) groups is 1. The summed E-state index contributed by atoms with van der Waals surface area (Å²) in [6.07, 6.45) is 3.17. The predicted octanol–water partition coefficient (Wildman–Crippen LogP) is 1.75. The monoisotopic (exact) mass is 233 g/mol. The zero-order valence-electron chi connectivity index (χ0n) is 9.64. The van der Waals surface area contributed by atoms with E-state index in [9.17, 15) is 9.18 Å². The Hall–Kier alpha value is -2.04. The SMILES string of the molecule is CCc1cc(C(=O)c2cncc(F)c2)n(C)n1. The highest BCUT2D eigenvalue weighted by Crippen LogP contribution is 2.11. The van der Waals surface area contributed by atoms with Crippen molar-refractivity contribution in [2.24, 2.45) is 7.05 Å². The van der Waals surface area contributed by atoms with Crippen molar-refractivity contribution in [2.45, 2.75) is 13.3 Å². The number of aryl methyl sites for hydroxylation is 2. The molecule has 2 aromatic rings. The lowest BCUT2D eigenvalue weighted by molar-refractivity contribution is 0.102. The van der Waals surface area contributed by atoms with Crippen molar-refractivity contribution in [2.75, 3.05) is 0 Å². The largest absolute Gasteiger partial charge is 0.287 e. The first-order valence-electron chi connectivity index (χ1n) is 5.30. The molecule has 0 bridgehead atoms. The summed E-state index contributed by atoms with van der Waals surface area (Å²) in [6, 6.07) is 2.89. The molecule has 88 valence electrons. The highest BCUT2D eigenvalue weighted by Gasteiger charge is 2.15. The van der Waals surface area contributed by atoms with Crippen LogP contribution in [0.5, 0.6) is 0 Å². The standard InChI is InChI=1S/C12H12FN3O/c1-3-10-5-11(16(2)15-10)12(17)8-4-9(13)7-14-6-8/h4-7H,3H2,1-2H3. The van der Waals surface area contributed by atoms with E-state index in [4.69, 9.17) is 0 Å². The maximum absolute atomic E-state index is 13.0. The van der Waals surface area contributed by atoms with E-state index in [1.165, 1.54) is 16.9 Å². The molecule has 0 aliphatic carbocycles. The number of ketones is 1. The number of hydrogen-bond acceptors (Lipinski definition) is 3. The highest BCUT2D eigenvalue weighted by atomic mass is 19.1. The zero-order valence-corrected chi connectivity index (χ0v) is 9.64. The summed E-state index contributed by atoms with van der Waals surface area (Å²) < 4.78 is 14.5. The molecule has 0 fully saturated rings. The van der Waals surface area contributed by atoms with Gasteiger partial charge in [0.1, 0.15) is 11.5 Å². The Morgan fingerprint density at radius 1 is 1.41 bits per heavy atom. The van der Waals surface area contributed by atoms with Crippen LogP contribution in [-0.2, 0) is 13.5 Å². The van der Waals surface area contributed by atoms with Crippen LogP contribution < -0.4 is 0 Å². The fraction of sp³-hybridized carbons (Fsp3) is 0.250. The summed E-state index contributed by atoms with van der Waals surface area (Å²) >= 11 is 0. The van der Waals surface area contributed by atoms with Crippen LogP contribution in [0.15, 0.2) is 24.5 Å². The van der Waals surface area contributed by atoms with E-state index in [2.05, 4.69) is 10.1 Å². The van der Waals surface area contributed by atoms with Gasteiger partial charge in [-0.05, 0) is 18.6 Å². The third kappa shape index (κ3) is 2.22. The molecule has 0 unspecified atom stereocenters. The molecule has 0 aromatic carbocycles. The van der Waals surface area contributed by atoms with Gasteiger partial charge in [0.2, 0.25) is 5.78 Å². The van der Waals surface area contributed by atoms with Crippen molar-refractivity contribution in [3.8, 4) is 0 Å². The van der Waals surface area contributed by atoms with Crippen LogP contribution in [0, 0.1) is 5.82 Å². The maximum Gasteiger partial charge on any atom is 0.212 e. The number of hydrogen-bond donors (Lipinski definition) is 0. The van der Waals surface area contributed by atoms with Gasteiger partial charge in [0.05, 0.1) is 11.9 Å². The van der Waals surface area contributed by atoms with E-state index >= 15 is 0 Å². The highest BCUT2D eigenvalue weighted by molar-refractivity contribution is 6.07. The predicted molar refractivity (Wildman–Crippen MR) is 60.2 cm³/mol. The molecule has 2 aromatic heterocycles. The summed E-state index contributed by atoms with van der Waals surface area (Å²) in [5.41, 5.74) is 1.50. The third-order valence-corrected chi connectivity index (χ3v) is 2.49. The van der Waals surface area contributed by atoms with Crippen molar-refractivity contribution in [3.05, 3.63) is 47.3 Å². The van der Waals surface area contributed by atoms with Crippen molar-refractivity contribution in [1.29, 1.82) is 0 Å². The van der Waals surface area contributed by atoms with E-state index in [0.29, 0.717) is 5.69 Å². The van der Waals surface area contributed by atoms with Crippen LogP contribution in [-0.4, -0.2) is 20.5 Å². The quantitative estimate of drug-likeness (QED) is 0.759. The molecule has 5 heteroatoms. The average molecular weight is 233 g/mol. The van der Waals surface area contributed by atoms with E-state index < -0.39 is 5.82 Å². The van der Waals surface area contributed by atoms with Gasteiger partial charge in [-0.1, -0.05) is 6.92 Å². The summed E-state index contributed by atoms with van der Waals surface area (Å²) in [6.45, 7) is 1.96. The summed E-state index contributed by atoms with van der Waals surface area (Å²) in [5.74, 6) is -0.791. The van der Waals surface area contributed by atoms with Crippen molar-refractivity contribution in [3.63, 3.8) is 0 Å². The van der Waals surface area contributed by atoms with Gasteiger partial charge in [-0.15, -0.1) is 0 Å². The molecule has 0 aliphatic rings. The van der Waals surface area contributed by atoms with Gasteiger partial charge >= 0.3 is 0 Å². The first-order valence-corrected chi connectivity index (χ1v) is 5.30. The van der Waals surface area contributed by atoms with Crippen LogP contribution in [0.4, 0.5) is 4.39 Å². The molecular weight excluding hydrogens is 221 g/mol. The molecular formula is C12H12FN3O. The first-order chi connectivity index (χ1) is 8.11. The minimum Gasteiger partial charge on any atom is -0.287 e. The molecule has 4 nitrogen and oxygen atoms in total. The van der Waals surface area contributed by atoms with Crippen LogP contribution in [0.1, 0.15) is 28.7 Å². The smallest absolute Gasteiger partial charge is 0.212 e. The van der Waals surface area contributed by atoms with Crippen molar-refractivity contribution < 1.29 is 9.18 Å². The van der Waals surface area contributed by atoms with Gasteiger partial charge in [0.25, 0.3) is 0 Å². The first kappa shape index (κ1) is 11.4. The Kier molecular flexibility index (Phi) is 2.99. The van der Waals surface area contributed by atoms with Gasteiger partial charge in [-0.3, -0.25) is 14.5 Å². The normalized spacial score (nSPS) is 10.5. The Balaban J connectivity index is 2.40. The molecule has 0 amide bonds. The van der Waals surface area contributed by atoms with E-state index in [0.717, 1.165) is 18.3 Å². The van der Waals surface area contributed by atoms with E-state index in [1.54, 1.807) is 13.1 Å². The molecule has 0 spiro atoms. The molecule has 0 aliphatic heterocycles. The van der Waals surface area contributed by atoms with Gasteiger partial charge in [0, 0.05) is 18.8 Å². The van der Waals surface area contributed by atoms with Crippen LogP contribution >= 0.6 is 0 Å². The average Bonchev–Trinajstić information content (AvgIpc) is 2.69. The molecule has 0 N–H and O–H groups in total. The van der Waals surface area contributed by atoms with E-state index in [1.807, 2.05) is 6.92 Å². The lowest BCUT2D eigenvalue weighted by Gasteiger charge is -2.00. The van der Waals surface area contributed by atoms with Crippen LogP contribution in [0.25, 0.3) is 0 Å². The lowest BCUT2D eigenvalue weighted by atomic mass is 10.1. The fourth-order valence-corrected chi connectivity index (χ4v) is 1.60. The number of nitrogens with zero attached hydrogens (tertiary/aromatic N) is 3. The minimum atomic E-state index is -0.520. The molecule has 0 radical (unpaired) electrons. The van der Waals surface area contributed by atoms with Gasteiger partial charge in [0.15, 0.2) is 0 Å². The van der Waals surface area contributed by atoms with E-state index in [-0.39, 0.29) is 11.3 Å². The lowest BCUT2D eigenvalue weighted by Crippen LogP contribution is -2.08. The number of rotatable bonds is 3. The molecule has 0 saturated carbocycles. The van der Waals surface area contributed by atoms with Gasteiger partial charge in [-0.25, -0.2) is 4.39 Å². The second kappa shape index (κ2) is 4.45. The van der Waals surface area contributed by atoms with Gasteiger partial charge < -0.3 is 0 Å². The van der Waals surface area contributed by atoms with Crippen LogP contribution in [0.3, 0.4) is 0 Å². The minimum absolute atomic E-state index is 0.232. The molecule has 17 heavy (non-hydrogen) atoms. The van der Waals surface area contributed by atoms with Crippen molar-refractivity contribution in [1.82, 2.24) is 14.8 Å². The molecule has 0 saturated heterocycles. The fourth-order valence-electron chi connectivity index (χ4n) is 1.60. The number of pyridine rings is 1. The zero-order chi connectivity index (χ0) is 12.4. The van der Waals surface area contributed by atoms with Gasteiger partial charge in [-0.2, -0.15) is 5.10 Å². The Bertz CT molecular complexity index is 563. The third-order valence-electron chi connectivity index (χ3n) is 2.49. The summed E-state index contributed by atoms with van der Waals surface area (Å²) in [4.78, 5) is 15.7. The molecule has 2 rings (SSSR count). The number of carbonyl (C=O) groups excluding carboxylic acids is 1. The Morgan fingerprint density at radius 2 is 2.18 bits per heavy atom. The number of aromatic nitrogens is 3. The topological polar surface area (TPSA) is 47.8 Å². The van der Waals surface area contributed by atoms with Crippen molar-refractivity contribution >= 4 is 5.78 Å².